The van der Waals surface area contributed by atoms with Gasteiger partial charge in [-0.3, -0.25) is 0 Å². The Kier molecular flexibility index (Phi) is 5.55. The lowest BCUT2D eigenvalue weighted by Crippen LogP contribution is -2.30. The molecule has 0 aliphatic carbocycles. The summed E-state index contributed by atoms with van der Waals surface area (Å²) in [6.45, 7) is 1.04. The highest BCUT2D eigenvalue weighted by Gasteiger charge is 2.10. The van der Waals surface area contributed by atoms with Crippen LogP contribution < -0.4 is 15.8 Å². The molecule has 0 spiro atoms. The molecule has 1 atom stereocenters. The van der Waals surface area contributed by atoms with Crippen LogP contribution in [0.1, 0.15) is 11.6 Å². The number of rotatable bonds is 6. The van der Waals surface area contributed by atoms with Crippen molar-refractivity contribution >= 4 is 11.6 Å². The fraction of sp³-hybridized carbons (Fsp3) is 0.455. The molecule has 4 N–H and O–H groups in total. The standard InChI is InChI=1S/C11H17ClN2O2/c1-16-11-3-2-8(6-9(11)12)10(7-13)14-4-5-15/h2-3,6,10,14-15H,4-5,7,13H2,1H3. The quantitative estimate of drug-likeness (QED) is 0.697. The number of hydrogen-bond acceptors (Lipinski definition) is 4. The van der Waals surface area contributed by atoms with Gasteiger partial charge in [-0.15, -0.1) is 0 Å². The Balaban J connectivity index is 2.80. The lowest BCUT2D eigenvalue weighted by molar-refractivity contribution is 0.285. The Hall–Kier alpha value is -0.810. The van der Waals surface area contributed by atoms with Crippen LogP contribution in [0, 0.1) is 0 Å². The first-order chi connectivity index (χ1) is 7.72. The summed E-state index contributed by atoms with van der Waals surface area (Å²) in [6.07, 6.45) is 0. The molecule has 0 aromatic heterocycles. The average Bonchev–Trinajstić information content (AvgIpc) is 2.30. The van der Waals surface area contributed by atoms with Crippen molar-refractivity contribution < 1.29 is 9.84 Å². The number of nitrogens with two attached hydrogens (primary N) is 1. The molecule has 0 amide bonds. The zero-order valence-electron chi connectivity index (χ0n) is 9.24. The number of benzene rings is 1. The number of ether oxygens (including phenoxy) is 1. The van der Waals surface area contributed by atoms with E-state index in [-0.39, 0.29) is 12.6 Å². The van der Waals surface area contributed by atoms with Crippen LogP contribution in [0.15, 0.2) is 18.2 Å². The third-order valence-corrected chi connectivity index (χ3v) is 2.61. The van der Waals surface area contributed by atoms with Gasteiger partial charge in [-0.05, 0) is 17.7 Å². The van der Waals surface area contributed by atoms with Crippen molar-refractivity contribution in [3.8, 4) is 5.75 Å². The van der Waals surface area contributed by atoms with E-state index in [0.29, 0.717) is 23.9 Å². The summed E-state index contributed by atoms with van der Waals surface area (Å²) >= 11 is 6.02. The lowest BCUT2D eigenvalue weighted by Gasteiger charge is -2.17. The van der Waals surface area contributed by atoms with Crippen molar-refractivity contribution in [2.24, 2.45) is 5.73 Å². The van der Waals surface area contributed by atoms with Crippen molar-refractivity contribution in [2.45, 2.75) is 6.04 Å². The molecule has 90 valence electrons. The van der Waals surface area contributed by atoms with E-state index >= 15 is 0 Å². The summed E-state index contributed by atoms with van der Waals surface area (Å²) in [5.41, 5.74) is 6.64. The fourth-order valence-corrected chi connectivity index (χ4v) is 1.74. The van der Waals surface area contributed by atoms with Gasteiger partial charge in [0.05, 0.1) is 18.7 Å². The van der Waals surface area contributed by atoms with Crippen LogP contribution in [0.25, 0.3) is 0 Å². The maximum absolute atomic E-state index is 8.74. The van der Waals surface area contributed by atoms with E-state index in [1.54, 1.807) is 13.2 Å². The van der Waals surface area contributed by atoms with Gasteiger partial charge in [0.25, 0.3) is 0 Å². The van der Waals surface area contributed by atoms with Gasteiger partial charge in [-0.2, -0.15) is 0 Å². The minimum absolute atomic E-state index is 0.00411. The van der Waals surface area contributed by atoms with Crippen molar-refractivity contribution in [3.63, 3.8) is 0 Å². The monoisotopic (exact) mass is 244 g/mol. The van der Waals surface area contributed by atoms with Crippen molar-refractivity contribution in [1.82, 2.24) is 5.32 Å². The van der Waals surface area contributed by atoms with E-state index in [4.69, 9.17) is 27.2 Å². The van der Waals surface area contributed by atoms with Crippen LogP contribution in [0.5, 0.6) is 5.75 Å². The second kappa shape index (κ2) is 6.70. The second-order valence-electron chi connectivity index (χ2n) is 3.36. The molecule has 4 nitrogen and oxygen atoms in total. The molecule has 0 bridgehead atoms. The first-order valence-electron chi connectivity index (χ1n) is 5.10. The zero-order valence-corrected chi connectivity index (χ0v) is 10.00. The molecule has 1 rings (SSSR count). The van der Waals surface area contributed by atoms with E-state index in [1.807, 2.05) is 12.1 Å². The molecule has 0 aliphatic heterocycles. The molecule has 16 heavy (non-hydrogen) atoms. The Labute approximate surface area is 100 Å². The average molecular weight is 245 g/mol. The second-order valence-corrected chi connectivity index (χ2v) is 3.77. The molecule has 0 radical (unpaired) electrons. The molecule has 0 aliphatic rings. The van der Waals surface area contributed by atoms with Gasteiger partial charge in [-0.25, -0.2) is 0 Å². The predicted octanol–water partition coefficient (Wildman–Crippen LogP) is 0.930. The lowest BCUT2D eigenvalue weighted by atomic mass is 10.1. The van der Waals surface area contributed by atoms with Crippen molar-refractivity contribution in [2.75, 3.05) is 26.8 Å². The van der Waals surface area contributed by atoms with Gasteiger partial charge in [0, 0.05) is 19.1 Å². The number of hydrogen-bond donors (Lipinski definition) is 3. The maximum Gasteiger partial charge on any atom is 0.137 e. The molecular weight excluding hydrogens is 228 g/mol. The van der Waals surface area contributed by atoms with E-state index < -0.39 is 0 Å². The molecule has 1 aromatic rings. The van der Waals surface area contributed by atoms with Crippen LogP contribution in [-0.2, 0) is 0 Å². The summed E-state index contributed by atoms with van der Waals surface area (Å²) < 4.78 is 5.07. The number of aliphatic hydroxyl groups excluding tert-OH is 1. The zero-order chi connectivity index (χ0) is 12.0. The first-order valence-corrected chi connectivity index (χ1v) is 5.48. The number of nitrogens with one attached hydrogen (secondary N) is 1. The number of aliphatic hydroxyl groups is 1. The highest BCUT2D eigenvalue weighted by atomic mass is 35.5. The molecule has 0 saturated carbocycles. The normalized spacial score (nSPS) is 12.5. The Morgan fingerprint density at radius 2 is 2.31 bits per heavy atom. The van der Waals surface area contributed by atoms with Gasteiger partial charge >= 0.3 is 0 Å². The summed E-state index contributed by atoms with van der Waals surface area (Å²) in [4.78, 5) is 0. The van der Waals surface area contributed by atoms with Crippen molar-refractivity contribution in [1.29, 1.82) is 0 Å². The summed E-state index contributed by atoms with van der Waals surface area (Å²) in [5.74, 6) is 0.642. The minimum Gasteiger partial charge on any atom is -0.495 e. The largest absolute Gasteiger partial charge is 0.495 e. The van der Waals surface area contributed by atoms with E-state index in [0.717, 1.165) is 5.56 Å². The molecule has 0 fully saturated rings. The maximum atomic E-state index is 8.74. The van der Waals surface area contributed by atoms with Crippen LogP contribution in [0.4, 0.5) is 0 Å². The van der Waals surface area contributed by atoms with Crippen LogP contribution in [0.3, 0.4) is 0 Å². The van der Waals surface area contributed by atoms with Crippen LogP contribution >= 0.6 is 11.6 Å². The van der Waals surface area contributed by atoms with Crippen LogP contribution in [0.2, 0.25) is 5.02 Å². The molecular formula is C11H17ClN2O2. The van der Waals surface area contributed by atoms with Gasteiger partial charge in [0.2, 0.25) is 0 Å². The fourth-order valence-electron chi connectivity index (χ4n) is 1.48. The third-order valence-electron chi connectivity index (χ3n) is 2.32. The summed E-state index contributed by atoms with van der Waals surface area (Å²) in [7, 11) is 1.57. The van der Waals surface area contributed by atoms with Gasteiger partial charge < -0.3 is 20.9 Å². The van der Waals surface area contributed by atoms with Crippen LogP contribution in [-0.4, -0.2) is 31.9 Å². The third kappa shape index (κ3) is 3.35. The van der Waals surface area contributed by atoms with E-state index in [9.17, 15) is 0 Å². The summed E-state index contributed by atoms with van der Waals surface area (Å²) in [6, 6.07) is 5.53. The predicted molar refractivity (Wildman–Crippen MR) is 64.9 cm³/mol. The van der Waals surface area contributed by atoms with Gasteiger partial charge in [0.1, 0.15) is 5.75 Å². The molecule has 1 unspecified atom stereocenters. The first kappa shape index (κ1) is 13.3. The number of halogens is 1. The van der Waals surface area contributed by atoms with Crippen molar-refractivity contribution in [3.05, 3.63) is 28.8 Å². The molecule has 1 aromatic carbocycles. The summed E-state index contributed by atoms with van der Waals surface area (Å²) in [5, 5.41) is 12.4. The SMILES string of the molecule is COc1ccc(C(CN)NCCO)cc1Cl. The Bertz CT molecular complexity index is 334. The van der Waals surface area contributed by atoms with E-state index in [2.05, 4.69) is 5.32 Å². The van der Waals surface area contributed by atoms with Gasteiger partial charge in [-0.1, -0.05) is 17.7 Å². The Morgan fingerprint density at radius 3 is 2.81 bits per heavy atom. The Morgan fingerprint density at radius 1 is 1.56 bits per heavy atom. The number of methoxy groups -OCH3 is 1. The minimum atomic E-state index is -0.00411. The molecule has 0 saturated heterocycles. The highest BCUT2D eigenvalue weighted by Crippen LogP contribution is 2.27. The highest BCUT2D eigenvalue weighted by molar-refractivity contribution is 6.32. The van der Waals surface area contributed by atoms with E-state index in [1.165, 1.54) is 0 Å². The molecule has 5 heteroatoms. The molecule has 0 heterocycles. The topological polar surface area (TPSA) is 67.5 Å². The van der Waals surface area contributed by atoms with Gasteiger partial charge in [0.15, 0.2) is 0 Å². The smallest absolute Gasteiger partial charge is 0.137 e.